The van der Waals surface area contributed by atoms with Crippen LogP contribution < -0.4 is 5.32 Å². The molecule has 0 aromatic heterocycles. The molecule has 96 valence electrons. The third-order valence-corrected chi connectivity index (χ3v) is 3.76. The van der Waals surface area contributed by atoms with Crippen LogP contribution in [0.25, 0.3) is 0 Å². The molecule has 1 aromatic rings. The predicted octanol–water partition coefficient (Wildman–Crippen LogP) is 1.78. The number of Topliss-reactive ketones (excluding diaryl/α,β-unsaturated/α-hetero) is 1. The fourth-order valence-electron chi connectivity index (χ4n) is 2.93. The summed E-state index contributed by atoms with van der Waals surface area (Å²) < 4.78 is 19.1. The number of carbonyl (C=O) groups is 1. The minimum atomic E-state index is -0.414. The van der Waals surface area contributed by atoms with Crippen molar-refractivity contribution in [2.75, 3.05) is 13.2 Å². The van der Waals surface area contributed by atoms with Crippen LogP contribution in [0.2, 0.25) is 0 Å². The Morgan fingerprint density at radius 2 is 1.89 bits per heavy atom. The highest BCUT2D eigenvalue weighted by molar-refractivity contribution is 5.98. The van der Waals surface area contributed by atoms with Crippen molar-refractivity contribution in [2.45, 2.75) is 24.9 Å². The highest BCUT2D eigenvalue weighted by atomic mass is 19.1. The molecule has 2 saturated heterocycles. The van der Waals surface area contributed by atoms with Crippen LogP contribution in [0.4, 0.5) is 4.39 Å². The van der Waals surface area contributed by atoms with Gasteiger partial charge in [-0.2, -0.15) is 0 Å². The first-order chi connectivity index (χ1) is 8.74. The molecule has 0 radical (unpaired) electrons. The van der Waals surface area contributed by atoms with Crippen molar-refractivity contribution in [3.8, 4) is 0 Å². The molecule has 2 aliphatic rings. The van der Waals surface area contributed by atoms with E-state index in [4.69, 9.17) is 4.74 Å². The molecule has 0 spiro atoms. The SMILES string of the molecule is O=C(c1ccccc1F)C1CC2COCC(C1)N2. The summed E-state index contributed by atoms with van der Waals surface area (Å²) in [5.74, 6) is -0.559. The molecule has 18 heavy (non-hydrogen) atoms. The van der Waals surface area contributed by atoms with Gasteiger partial charge in [0.1, 0.15) is 5.82 Å². The van der Waals surface area contributed by atoms with Gasteiger partial charge in [-0.15, -0.1) is 0 Å². The van der Waals surface area contributed by atoms with E-state index in [0.29, 0.717) is 13.2 Å². The number of ketones is 1. The summed E-state index contributed by atoms with van der Waals surface area (Å²) in [5.41, 5.74) is 0.225. The zero-order valence-corrected chi connectivity index (χ0v) is 10.1. The van der Waals surface area contributed by atoms with Crippen LogP contribution >= 0.6 is 0 Å². The lowest BCUT2D eigenvalue weighted by atomic mass is 9.82. The highest BCUT2D eigenvalue weighted by Gasteiger charge is 2.36. The van der Waals surface area contributed by atoms with Gasteiger partial charge in [-0.05, 0) is 25.0 Å². The third kappa shape index (κ3) is 2.18. The Hall–Kier alpha value is -1.26. The van der Waals surface area contributed by atoms with Crippen molar-refractivity contribution in [1.29, 1.82) is 0 Å². The van der Waals surface area contributed by atoms with E-state index in [2.05, 4.69) is 5.32 Å². The van der Waals surface area contributed by atoms with E-state index in [9.17, 15) is 9.18 Å². The maximum Gasteiger partial charge on any atom is 0.169 e. The average molecular weight is 249 g/mol. The van der Waals surface area contributed by atoms with Crippen molar-refractivity contribution < 1.29 is 13.9 Å². The van der Waals surface area contributed by atoms with Crippen LogP contribution in [-0.2, 0) is 4.74 Å². The Labute approximate surface area is 105 Å². The number of piperidine rings is 1. The van der Waals surface area contributed by atoms with Crippen LogP contribution in [0.5, 0.6) is 0 Å². The molecular formula is C14H16FNO2. The molecule has 2 bridgehead atoms. The molecule has 0 saturated carbocycles. The van der Waals surface area contributed by atoms with E-state index in [1.807, 2.05) is 0 Å². The molecule has 1 N–H and O–H groups in total. The monoisotopic (exact) mass is 249 g/mol. The van der Waals surface area contributed by atoms with Gasteiger partial charge in [0.2, 0.25) is 0 Å². The Kier molecular flexibility index (Phi) is 3.14. The lowest BCUT2D eigenvalue weighted by molar-refractivity contribution is 0.00945. The second-order valence-corrected chi connectivity index (χ2v) is 5.11. The minimum Gasteiger partial charge on any atom is -0.378 e. The fourth-order valence-corrected chi connectivity index (χ4v) is 2.93. The van der Waals surface area contributed by atoms with Crippen molar-refractivity contribution in [2.24, 2.45) is 5.92 Å². The summed E-state index contributed by atoms with van der Waals surface area (Å²) in [5, 5.41) is 3.43. The van der Waals surface area contributed by atoms with Gasteiger partial charge in [0.15, 0.2) is 5.78 Å². The van der Waals surface area contributed by atoms with Gasteiger partial charge in [0.05, 0.1) is 18.8 Å². The third-order valence-electron chi connectivity index (χ3n) is 3.76. The number of rotatable bonds is 2. The second-order valence-electron chi connectivity index (χ2n) is 5.11. The van der Waals surface area contributed by atoms with Crippen molar-refractivity contribution in [3.63, 3.8) is 0 Å². The van der Waals surface area contributed by atoms with Gasteiger partial charge in [-0.3, -0.25) is 4.79 Å². The van der Waals surface area contributed by atoms with Gasteiger partial charge >= 0.3 is 0 Å². The van der Waals surface area contributed by atoms with Crippen LogP contribution in [0.15, 0.2) is 24.3 Å². The summed E-state index contributed by atoms with van der Waals surface area (Å²) in [6.45, 7) is 1.30. The first-order valence-electron chi connectivity index (χ1n) is 6.36. The molecule has 2 aliphatic heterocycles. The quantitative estimate of drug-likeness (QED) is 0.812. The molecule has 2 atom stereocenters. The van der Waals surface area contributed by atoms with E-state index < -0.39 is 5.82 Å². The number of hydrogen-bond acceptors (Lipinski definition) is 3. The van der Waals surface area contributed by atoms with Crippen LogP contribution in [0.1, 0.15) is 23.2 Å². The first-order valence-corrected chi connectivity index (χ1v) is 6.36. The van der Waals surface area contributed by atoms with Crippen molar-refractivity contribution >= 4 is 5.78 Å². The number of ether oxygens (including phenoxy) is 1. The summed E-state index contributed by atoms with van der Waals surface area (Å²) >= 11 is 0. The Morgan fingerprint density at radius 1 is 1.22 bits per heavy atom. The molecule has 0 amide bonds. The maximum atomic E-state index is 13.6. The molecule has 1 aromatic carbocycles. The van der Waals surface area contributed by atoms with Gasteiger partial charge in [-0.1, -0.05) is 12.1 Å². The van der Waals surface area contributed by atoms with Gasteiger partial charge in [0.25, 0.3) is 0 Å². The fraction of sp³-hybridized carbons (Fsp3) is 0.500. The maximum absolute atomic E-state index is 13.6. The van der Waals surface area contributed by atoms with Crippen LogP contribution in [0, 0.1) is 11.7 Å². The summed E-state index contributed by atoms with van der Waals surface area (Å²) in [7, 11) is 0. The van der Waals surface area contributed by atoms with Crippen LogP contribution in [-0.4, -0.2) is 31.1 Å². The molecule has 3 rings (SSSR count). The van der Waals surface area contributed by atoms with Crippen LogP contribution in [0.3, 0.4) is 0 Å². The zero-order valence-electron chi connectivity index (χ0n) is 10.1. The topological polar surface area (TPSA) is 38.3 Å². The molecule has 2 heterocycles. The molecular weight excluding hydrogens is 233 g/mol. The minimum absolute atomic E-state index is 0.0634. The van der Waals surface area contributed by atoms with E-state index in [1.165, 1.54) is 6.07 Å². The number of carbonyl (C=O) groups excluding carboxylic acids is 1. The molecule has 2 unspecified atom stereocenters. The van der Waals surface area contributed by atoms with E-state index >= 15 is 0 Å². The van der Waals surface area contributed by atoms with Gasteiger partial charge in [-0.25, -0.2) is 4.39 Å². The summed E-state index contributed by atoms with van der Waals surface area (Å²) in [6, 6.07) is 6.71. The molecule has 4 heteroatoms. The Balaban J connectivity index is 1.79. The normalized spacial score (nSPS) is 31.1. The Morgan fingerprint density at radius 3 is 2.56 bits per heavy atom. The molecule has 0 aliphatic carbocycles. The Bertz CT molecular complexity index is 451. The van der Waals surface area contributed by atoms with Gasteiger partial charge < -0.3 is 10.1 Å². The van der Waals surface area contributed by atoms with E-state index in [-0.39, 0.29) is 29.3 Å². The largest absolute Gasteiger partial charge is 0.378 e. The van der Waals surface area contributed by atoms with E-state index in [0.717, 1.165) is 12.8 Å². The van der Waals surface area contributed by atoms with Gasteiger partial charge in [0, 0.05) is 18.0 Å². The lowest BCUT2D eigenvalue weighted by Crippen LogP contribution is -2.55. The van der Waals surface area contributed by atoms with Crippen molar-refractivity contribution in [1.82, 2.24) is 5.32 Å². The smallest absolute Gasteiger partial charge is 0.169 e. The number of morpholine rings is 1. The number of halogens is 1. The summed E-state index contributed by atoms with van der Waals surface area (Å²) in [6.07, 6.45) is 1.48. The molecule has 3 nitrogen and oxygen atoms in total. The second kappa shape index (κ2) is 4.78. The number of nitrogens with one attached hydrogen (secondary N) is 1. The summed E-state index contributed by atoms with van der Waals surface area (Å²) in [4.78, 5) is 12.3. The number of benzene rings is 1. The van der Waals surface area contributed by atoms with Crippen molar-refractivity contribution in [3.05, 3.63) is 35.6 Å². The van der Waals surface area contributed by atoms with E-state index in [1.54, 1.807) is 18.2 Å². The number of fused-ring (bicyclic) bond motifs is 2. The highest BCUT2D eigenvalue weighted by Crippen LogP contribution is 2.27. The predicted molar refractivity (Wildman–Crippen MR) is 65.0 cm³/mol. The number of hydrogen-bond donors (Lipinski definition) is 1. The molecule has 2 fully saturated rings. The first kappa shape index (κ1) is 11.8. The zero-order chi connectivity index (χ0) is 12.5. The standard InChI is InChI=1S/C14H16FNO2/c15-13-4-2-1-3-12(13)14(17)9-5-10-7-18-8-11(6-9)16-10/h1-4,9-11,16H,5-8H2. The average Bonchev–Trinajstić information content (AvgIpc) is 2.38. The lowest BCUT2D eigenvalue weighted by Gasteiger charge is -2.39.